The van der Waals surface area contributed by atoms with Crippen LogP contribution in [-0.2, 0) is 11.3 Å². The van der Waals surface area contributed by atoms with Gasteiger partial charge in [-0.1, -0.05) is 40.2 Å². The van der Waals surface area contributed by atoms with Crippen molar-refractivity contribution in [2.24, 2.45) is 0 Å². The van der Waals surface area contributed by atoms with Crippen LogP contribution in [0, 0.1) is 20.8 Å². The Kier molecular flexibility index (Phi) is 5.32. The van der Waals surface area contributed by atoms with Crippen LogP contribution in [0.2, 0.25) is 0 Å². The molecule has 3 heteroatoms. The first kappa shape index (κ1) is 15.9. The summed E-state index contributed by atoms with van der Waals surface area (Å²) in [4.78, 5) is 12.3. The predicted molar refractivity (Wildman–Crippen MR) is 88.8 cm³/mol. The molecule has 0 saturated heterocycles. The quantitative estimate of drug-likeness (QED) is 0.728. The molecule has 0 unspecified atom stereocenters. The van der Waals surface area contributed by atoms with E-state index in [-0.39, 0.29) is 12.4 Å². The number of hydrogen-bond donors (Lipinski definition) is 0. The normalized spacial score (nSPS) is 10.7. The molecule has 0 atom stereocenters. The van der Waals surface area contributed by atoms with Gasteiger partial charge in [0.15, 0.2) is 5.78 Å². The Morgan fingerprint density at radius 1 is 1.05 bits per heavy atom. The molecule has 0 spiro atoms. The van der Waals surface area contributed by atoms with Crippen molar-refractivity contribution < 1.29 is 9.53 Å². The third-order valence-electron chi connectivity index (χ3n) is 3.59. The molecule has 0 aliphatic heterocycles. The van der Waals surface area contributed by atoms with E-state index in [1.54, 1.807) is 0 Å². The fraction of sp³-hybridized carbons (Fsp3) is 0.278. The van der Waals surface area contributed by atoms with E-state index in [1.807, 2.05) is 44.2 Å². The molecule has 2 aromatic rings. The second kappa shape index (κ2) is 7.01. The zero-order valence-corrected chi connectivity index (χ0v) is 14.2. The number of carbonyl (C=O) groups excluding carboxylic acids is 1. The lowest BCUT2D eigenvalue weighted by Crippen LogP contribution is -2.11. The molecule has 0 amide bonds. The molecule has 0 aliphatic carbocycles. The topological polar surface area (TPSA) is 26.3 Å². The smallest absolute Gasteiger partial charge is 0.188 e. The number of benzene rings is 2. The predicted octanol–water partition coefficient (Wildman–Crippen LogP) is 4.77. The summed E-state index contributed by atoms with van der Waals surface area (Å²) in [5, 5.41) is 0. The molecular weight excluding hydrogens is 328 g/mol. The first-order valence-electron chi connectivity index (χ1n) is 6.91. The fourth-order valence-corrected chi connectivity index (χ4v) is 2.61. The molecule has 0 saturated carbocycles. The lowest BCUT2D eigenvalue weighted by Gasteiger charge is -2.10. The number of hydrogen-bond acceptors (Lipinski definition) is 2. The maximum atomic E-state index is 12.3. The van der Waals surface area contributed by atoms with Crippen LogP contribution in [-0.4, -0.2) is 12.4 Å². The van der Waals surface area contributed by atoms with Crippen molar-refractivity contribution in [1.29, 1.82) is 0 Å². The zero-order valence-electron chi connectivity index (χ0n) is 12.6. The molecule has 0 radical (unpaired) electrons. The second-order valence-corrected chi connectivity index (χ2v) is 6.11. The standard InChI is InChI=1S/C18H19BrO2/c1-12-8-14(3)16(9-13(12)2)18(20)11-21-10-15-6-4-5-7-17(15)19/h4-9H,10-11H2,1-3H3. The summed E-state index contributed by atoms with van der Waals surface area (Å²) in [6, 6.07) is 11.9. The maximum Gasteiger partial charge on any atom is 0.188 e. The minimum Gasteiger partial charge on any atom is -0.369 e. The van der Waals surface area contributed by atoms with Gasteiger partial charge in [-0.2, -0.15) is 0 Å². The molecule has 0 bridgehead atoms. The summed E-state index contributed by atoms with van der Waals surface area (Å²) in [6.07, 6.45) is 0. The van der Waals surface area contributed by atoms with Crippen LogP contribution in [0.25, 0.3) is 0 Å². The fourth-order valence-electron chi connectivity index (χ4n) is 2.21. The molecule has 21 heavy (non-hydrogen) atoms. The van der Waals surface area contributed by atoms with E-state index in [0.29, 0.717) is 6.61 Å². The number of halogens is 1. The molecule has 0 fully saturated rings. The average Bonchev–Trinajstić information content (AvgIpc) is 2.44. The van der Waals surface area contributed by atoms with Crippen molar-refractivity contribution in [3.8, 4) is 0 Å². The van der Waals surface area contributed by atoms with E-state index in [4.69, 9.17) is 4.74 Å². The van der Waals surface area contributed by atoms with Gasteiger partial charge in [0.2, 0.25) is 0 Å². The molecule has 2 rings (SSSR count). The molecule has 0 aliphatic rings. The Balaban J connectivity index is 2.00. The van der Waals surface area contributed by atoms with Gasteiger partial charge in [0, 0.05) is 10.0 Å². The van der Waals surface area contributed by atoms with Crippen molar-refractivity contribution >= 4 is 21.7 Å². The number of ketones is 1. The molecule has 110 valence electrons. The molecule has 2 aromatic carbocycles. The van der Waals surface area contributed by atoms with Crippen LogP contribution < -0.4 is 0 Å². The number of carbonyl (C=O) groups is 1. The van der Waals surface area contributed by atoms with Crippen LogP contribution >= 0.6 is 15.9 Å². The van der Waals surface area contributed by atoms with E-state index in [2.05, 4.69) is 28.9 Å². The van der Waals surface area contributed by atoms with E-state index in [9.17, 15) is 4.79 Å². The highest BCUT2D eigenvalue weighted by molar-refractivity contribution is 9.10. The summed E-state index contributed by atoms with van der Waals surface area (Å²) < 4.78 is 6.56. The van der Waals surface area contributed by atoms with Crippen molar-refractivity contribution in [1.82, 2.24) is 0 Å². The van der Waals surface area contributed by atoms with Crippen LogP contribution in [0.4, 0.5) is 0 Å². The molecule has 0 N–H and O–H groups in total. The first-order valence-corrected chi connectivity index (χ1v) is 7.70. The van der Waals surface area contributed by atoms with Crippen molar-refractivity contribution in [3.63, 3.8) is 0 Å². The van der Waals surface area contributed by atoms with Gasteiger partial charge in [0.1, 0.15) is 6.61 Å². The Morgan fingerprint density at radius 3 is 2.43 bits per heavy atom. The number of aryl methyl sites for hydroxylation is 3. The average molecular weight is 347 g/mol. The van der Waals surface area contributed by atoms with Crippen molar-refractivity contribution in [3.05, 3.63) is 68.7 Å². The van der Waals surface area contributed by atoms with Gasteiger partial charge in [0.25, 0.3) is 0 Å². The summed E-state index contributed by atoms with van der Waals surface area (Å²) >= 11 is 3.47. The van der Waals surface area contributed by atoms with Crippen molar-refractivity contribution in [2.45, 2.75) is 27.4 Å². The van der Waals surface area contributed by atoms with Crippen molar-refractivity contribution in [2.75, 3.05) is 6.61 Å². The molecule has 0 aromatic heterocycles. The van der Waals surface area contributed by atoms with E-state index < -0.39 is 0 Å². The minimum absolute atomic E-state index is 0.0302. The Hall–Kier alpha value is -1.45. The summed E-state index contributed by atoms with van der Waals surface area (Å²) in [5.74, 6) is 0.0302. The van der Waals surface area contributed by atoms with E-state index in [1.165, 1.54) is 5.56 Å². The third-order valence-corrected chi connectivity index (χ3v) is 4.36. The summed E-state index contributed by atoms with van der Waals surface area (Å²) in [5.41, 5.74) is 5.15. The van der Waals surface area contributed by atoms with Crippen LogP contribution in [0.5, 0.6) is 0 Å². The number of rotatable bonds is 5. The highest BCUT2D eigenvalue weighted by Crippen LogP contribution is 2.18. The highest BCUT2D eigenvalue weighted by atomic mass is 79.9. The molecule has 0 heterocycles. The second-order valence-electron chi connectivity index (χ2n) is 5.26. The number of Topliss-reactive ketones (excluding diaryl/α,β-unsaturated/α-hetero) is 1. The van der Waals surface area contributed by atoms with Gasteiger partial charge in [-0.15, -0.1) is 0 Å². The van der Waals surface area contributed by atoms with Gasteiger partial charge < -0.3 is 4.74 Å². The van der Waals surface area contributed by atoms with Gasteiger partial charge in [-0.05, 0) is 55.2 Å². The Labute approximate surface area is 134 Å². The van der Waals surface area contributed by atoms with Gasteiger partial charge in [0.05, 0.1) is 6.61 Å². The SMILES string of the molecule is Cc1cc(C)c(C(=O)COCc2ccccc2Br)cc1C. The maximum absolute atomic E-state index is 12.3. The molecular formula is C18H19BrO2. The number of ether oxygens (including phenoxy) is 1. The lowest BCUT2D eigenvalue weighted by molar-refractivity contribution is 0.0725. The zero-order chi connectivity index (χ0) is 15.4. The van der Waals surface area contributed by atoms with Gasteiger partial charge >= 0.3 is 0 Å². The monoisotopic (exact) mass is 346 g/mol. The van der Waals surface area contributed by atoms with Crippen LogP contribution in [0.15, 0.2) is 40.9 Å². The third kappa shape index (κ3) is 4.02. The highest BCUT2D eigenvalue weighted by Gasteiger charge is 2.11. The van der Waals surface area contributed by atoms with E-state index >= 15 is 0 Å². The van der Waals surface area contributed by atoms with Gasteiger partial charge in [-0.25, -0.2) is 0 Å². The Bertz CT molecular complexity index is 662. The first-order chi connectivity index (χ1) is 9.99. The minimum atomic E-state index is 0.0302. The largest absolute Gasteiger partial charge is 0.369 e. The summed E-state index contributed by atoms with van der Waals surface area (Å²) in [6.45, 7) is 6.57. The summed E-state index contributed by atoms with van der Waals surface area (Å²) in [7, 11) is 0. The lowest BCUT2D eigenvalue weighted by atomic mass is 9.98. The van der Waals surface area contributed by atoms with Gasteiger partial charge in [-0.3, -0.25) is 4.79 Å². The molecule has 2 nitrogen and oxygen atoms in total. The van der Waals surface area contributed by atoms with Crippen LogP contribution in [0.3, 0.4) is 0 Å². The Morgan fingerprint density at radius 2 is 1.71 bits per heavy atom. The van der Waals surface area contributed by atoms with Crippen LogP contribution in [0.1, 0.15) is 32.6 Å². The van der Waals surface area contributed by atoms with E-state index in [0.717, 1.165) is 26.7 Å².